The lowest BCUT2D eigenvalue weighted by atomic mass is 10.1. The molecule has 2 unspecified atom stereocenters. The van der Waals surface area contributed by atoms with E-state index in [2.05, 4.69) is 19.2 Å². The fourth-order valence-electron chi connectivity index (χ4n) is 2.27. The molecule has 98 valence electrons. The van der Waals surface area contributed by atoms with E-state index in [0.29, 0.717) is 19.0 Å². The van der Waals surface area contributed by atoms with Crippen molar-refractivity contribution >= 4 is 11.8 Å². The van der Waals surface area contributed by atoms with E-state index in [1.807, 2.05) is 6.92 Å². The number of likely N-dealkylation sites (N-methyl/N-ethyl adjacent to an activating group) is 1. The summed E-state index contributed by atoms with van der Waals surface area (Å²) in [5.41, 5.74) is 0. The van der Waals surface area contributed by atoms with Gasteiger partial charge in [0.1, 0.15) is 0 Å². The minimum Gasteiger partial charge on any atom is -0.303 e. The summed E-state index contributed by atoms with van der Waals surface area (Å²) in [6, 6.07) is 0.0131. The van der Waals surface area contributed by atoms with Gasteiger partial charge in [-0.25, -0.2) is 0 Å². The molecule has 0 saturated carbocycles. The van der Waals surface area contributed by atoms with Gasteiger partial charge < -0.3 is 5.32 Å². The van der Waals surface area contributed by atoms with Gasteiger partial charge in [-0.15, -0.1) is 0 Å². The first kappa shape index (κ1) is 14.2. The van der Waals surface area contributed by atoms with E-state index >= 15 is 0 Å². The van der Waals surface area contributed by atoms with E-state index in [1.54, 1.807) is 0 Å². The number of nitrogens with one attached hydrogen (secondary N) is 1. The average molecular weight is 240 g/mol. The summed E-state index contributed by atoms with van der Waals surface area (Å²) < 4.78 is 0. The first-order chi connectivity index (χ1) is 8.10. The molecule has 1 heterocycles. The highest BCUT2D eigenvalue weighted by molar-refractivity contribution is 6.05. The van der Waals surface area contributed by atoms with Crippen LogP contribution < -0.4 is 5.32 Å². The maximum absolute atomic E-state index is 11.9. The Hall–Kier alpha value is -0.900. The summed E-state index contributed by atoms with van der Waals surface area (Å²) in [5, 5.41) is 3.27. The minimum atomic E-state index is -0.293. The van der Waals surface area contributed by atoms with Gasteiger partial charge in [-0.2, -0.15) is 0 Å². The Morgan fingerprint density at radius 1 is 1.35 bits per heavy atom. The second-order valence-electron chi connectivity index (χ2n) is 4.80. The summed E-state index contributed by atoms with van der Waals surface area (Å²) in [7, 11) is 0. The number of hydrogen-bond acceptors (Lipinski definition) is 3. The number of likely N-dealkylation sites (tertiary alicyclic amines) is 1. The van der Waals surface area contributed by atoms with Crippen molar-refractivity contribution in [2.24, 2.45) is 0 Å². The molecule has 0 bridgehead atoms. The number of nitrogens with zero attached hydrogens (tertiary/aromatic N) is 1. The topological polar surface area (TPSA) is 49.4 Å². The summed E-state index contributed by atoms with van der Waals surface area (Å²) in [6.07, 6.45) is 5.00. The Labute approximate surface area is 104 Å². The summed E-state index contributed by atoms with van der Waals surface area (Å²) >= 11 is 0. The smallest absolute Gasteiger partial charge is 0.246 e. The lowest BCUT2D eigenvalue weighted by Gasteiger charge is -2.18. The lowest BCUT2D eigenvalue weighted by Crippen LogP contribution is -2.42. The van der Waals surface area contributed by atoms with Crippen LogP contribution in [0.2, 0.25) is 0 Å². The minimum absolute atomic E-state index is 0.0456. The first-order valence-corrected chi connectivity index (χ1v) is 6.70. The standard InChI is InChI=1S/C13H24N2O2/c1-4-6-7-8-10(3)14-11-9-12(16)15(5-2)13(11)17/h10-11,14H,4-9H2,1-3H3. The molecule has 4 heteroatoms. The van der Waals surface area contributed by atoms with Gasteiger partial charge >= 0.3 is 0 Å². The van der Waals surface area contributed by atoms with E-state index in [-0.39, 0.29) is 17.9 Å². The van der Waals surface area contributed by atoms with E-state index < -0.39 is 0 Å². The highest BCUT2D eigenvalue weighted by atomic mass is 16.2. The van der Waals surface area contributed by atoms with E-state index in [4.69, 9.17) is 0 Å². The van der Waals surface area contributed by atoms with Crippen molar-refractivity contribution in [3.63, 3.8) is 0 Å². The molecule has 2 amide bonds. The molecule has 1 aliphatic rings. The Morgan fingerprint density at radius 2 is 2.06 bits per heavy atom. The molecule has 1 aliphatic heterocycles. The third-order valence-corrected chi connectivity index (χ3v) is 3.29. The van der Waals surface area contributed by atoms with Crippen LogP contribution in [0.1, 0.15) is 52.9 Å². The van der Waals surface area contributed by atoms with Crippen LogP contribution in [0.4, 0.5) is 0 Å². The first-order valence-electron chi connectivity index (χ1n) is 6.70. The zero-order valence-electron chi connectivity index (χ0n) is 11.2. The van der Waals surface area contributed by atoms with Gasteiger partial charge in [0.05, 0.1) is 12.5 Å². The Balaban J connectivity index is 2.37. The number of carbonyl (C=O) groups excluding carboxylic acids is 2. The monoisotopic (exact) mass is 240 g/mol. The normalized spacial score (nSPS) is 22.3. The van der Waals surface area contributed by atoms with Gasteiger partial charge in [0.25, 0.3) is 0 Å². The molecule has 1 rings (SSSR count). The number of carbonyl (C=O) groups is 2. The molecule has 1 N–H and O–H groups in total. The van der Waals surface area contributed by atoms with Crippen LogP contribution >= 0.6 is 0 Å². The predicted molar refractivity (Wildman–Crippen MR) is 67.5 cm³/mol. The fourth-order valence-corrected chi connectivity index (χ4v) is 2.27. The molecule has 2 atom stereocenters. The van der Waals surface area contributed by atoms with Crippen LogP contribution in [0.3, 0.4) is 0 Å². The molecule has 0 radical (unpaired) electrons. The molecule has 4 nitrogen and oxygen atoms in total. The third-order valence-electron chi connectivity index (χ3n) is 3.29. The maximum atomic E-state index is 11.9. The van der Waals surface area contributed by atoms with Crippen LogP contribution in [-0.2, 0) is 9.59 Å². The van der Waals surface area contributed by atoms with Gasteiger partial charge in [-0.05, 0) is 20.3 Å². The Bertz CT molecular complexity index is 279. The van der Waals surface area contributed by atoms with Crippen LogP contribution in [-0.4, -0.2) is 35.3 Å². The molecule has 0 spiro atoms. The Kier molecular flexibility index (Phi) is 5.62. The highest BCUT2D eigenvalue weighted by Crippen LogP contribution is 2.14. The molecule has 0 aromatic rings. The van der Waals surface area contributed by atoms with Crippen molar-refractivity contribution in [3.8, 4) is 0 Å². The van der Waals surface area contributed by atoms with Crippen LogP contribution in [0.25, 0.3) is 0 Å². The molecule has 1 saturated heterocycles. The lowest BCUT2D eigenvalue weighted by molar-refractivity contribution is -0.138. The van der Waals surface area contributed by atoms with Crippen molar-refractivity contribution in [3.05, 3.63) is 0 Å². The van der Waals surface area contributed by atoms with E-state index in [0.717, 1.165) is 6.42 Å². The fraction of sp³-hybridized carbons (Fsp3) is 0.846. The highest BCUT2D eigenvalue weighted by Gasteiger charge is 2.37. The van der Waals surface area contributed by atoms with Gasteiger partial charge in [0.15, 0.2) is 0 Å². The Morgan fingerprint density at radius 3 is 2.59 bits per heavy atom. The SMILES string of the molecule is CCCCCC(C)NC1CC(=O)N(CC)C1=O. The quantitative estimate of drug-likeness (QED) is 0.544. The second kappa shape index (κ2) is 6.74. The summed E-state index contributed by atoms with van der Waals surface area (Å²) in [6.45, 7) is 6.58. The van der Waals surface area contributed by atoms with Gasteiger partial charge in [-0.3, -0.25) is 14.5 Å². The zero-order chi connectivity index (χ0) is 12.8. The largest absolute Gasteiger partial charge is 0.303 e. The van der Waals surface area contributed by atoms with Gasteiger partial charge in [0.2, 0.25) is 11.8 Å². The molecular formula is C13H24N2O2. The number of imide groups is 1. The average Bonchev–Trinajstić information content (AvgIpc) is 2.54. The van der Waals surface area contributed by atoms with Crippen LogP contribution in [0.5, 0.6) is 0 Å². The zero-order valence-corrected chi connectivity index (χ0v) is 11.2. The van der Waals surface area contributed by atoms with Crippen molar-refractivity contribution in [1.82, 2.24) is 10.2 Å². The number of amides is 2. The molecule has 0 aromatic heterocycles. The van der Waals surface area contributed by atoms with Crippen molar-refractivity contribution in [2.45, 2.75) is 65.0 Å². The van der Waals surface area contributed by atoms with Crippen molar-refractivity contribution in [1.29, 1.82) is 0 Å². The van der Waals surface area contributed by atoms with Crippen LogP contribution in [0.15, 0.2) is 0 Å². The predicted octanol–water partition coefficient (Wildman–Crippen LogP) is 1.69. The maximum Gasteiger partial charge on any atom is 0.246 e. The van der Waals surface area contributed by atoms with E-state index in [9.17, 15) is 9.59 Å². The molecular weight excluding hydrogens is 216 g/mol. The van der Waals surface area contributed by atoms with Gasteiger partial charge in [-0.1, -0.05) is 26.2 Å². The van der Waals surface area contributed by atoms with Crippen LogP contribution in [0, 0.1) is 0 Å². The van der Waals surface area contributed by atoms with E-state index in [1.165, 1.54) is 24.2 Å². The van der Waals surface area contributed by atoms with Crippen molar-refractivity contribution < 1.29 is 9.59 Å². The number of unbranched alkanes of at least 4 members (excludes halogenated alkanes) is 2. The summed E-state index contributed by atoms with van der Waals surface area (Å²) in [4.78, 5) is 24.7. The summed E-state index contributed by atoms with van der Waals surface area (Å²) in [5.74, 6) is -0.101. The second-order valence-corrected chi connectivity index (χ2v) is 4.80. The van der Waals surface area contributed by atoms with Crippen molar-refractivity contribution in [2.75, 3.05) is 6.54 Å². The molecule has 1 fully saturated rings. The number of rotatable bonds is 7. The molecule has 17 heavy (non-hydrogen) atoms. The third kappa shape index (κ3) is 3.80. The molecule has 0 aromatic carbocycles. The molecule has 0 aliphatic carbocycles. The van der Waals surface area contributed by atoms with Gasteiger partial charge in [0, 0.05) is 12.6 Å². The number of hydrogen-bond donors (Lipinski definition) is 1.